The van der Waals surface area contributed by atoms with Crippen LogP contribution in [0.5, 0.6) is 0 Å². The van der Waals surface area contributed by atoms with E-state index in [4.69, 9.17) is 8.83 Å². The van der Waals surface area contributed by atoms with Crippen LogP contribution in [0, 0.1) is 0 Å². The van der Waals surface area contributed by atoms with Gasteiger partial charge < -0.3 is 8.83 Å². The Kier molecular flexibility index (Phi) is 6.46. The number of hydrogen-bond donors (Lipinski definition) is 0. The summed E-state index contributed by atoms with van der Waals surface area (Å²) in [6.45, 7) is 0. The second kappa shape index (κ2) is 11.4. The Morgan fingerprint density at radius 3 is 0.800 bits per heavy atom. The molecule has 8 aromatic carbocycles. The Hall–Kier alpha value is -6.78. The molecule has 0 saturated heterocycles. The number of aromatic nitrogens is 2. The molecule has 2 heterocycles. The van der Waals surface area contributed by atoms with E-state index in [1.54, 1.807) is 24.9 Å². The van der Waals surface area contributed by atoms with Crippen molar-refractivity contribution in [3.63, 3.8) is 0 Å². The van der Waals surface area contributed by atoms with Crippen molar-refractivity contribution >= 4 is 43.1 Å². The standard InChI is InChI=1S/C46H28N2O2/c1-5-13-37-33(9-1)41(29-17-21-31(22-18-29)45-47-25-27-49-45)34-10-2-6-14-38(34)43(37)44-39-15-7-3-11-35(39)42(36-12-4-8-16-40(36)44)30-19-23-32(24-20-30)46-48-26-28-50-46/h1-28H. The minimum Gasteiger partial charge on any atom is -0.445 e. The summed E-state index contributed by atoms with van der Waals surface area (Å²) in [4.78, 5) is 8.70. The van der Waals surface area contributed by atoms with Gasteiger partial charge in [-0.1, -0.05) is 121 Å². The topological polar surface area (TPSA) is 52.1 Å². The van der Waals surface area contributed by atoms with E-state index in [0.717, 1.165) is 22.3 Å². The molecular weight excluding hydrogens is 613 g/mol. The lowest BCUT2D eigenvalue weighted by Gasteiger charge is -2.22. The third-order valence-electron chi connectivity index (χ3n) is 9.82. The molecule has 0 unspecified atom stereocenters. The molecule has 234 valence electrons. The lowest BCUT2D eigenvalue weighted by atomic mass is 9.81. The maximum Gasteiger partial charge on any atom is 0.225 e. The lowest BCUT2D eigenvalue weighted by Crippen LogP contribution is -1.94. The van der Waals surface area contributed by atoms with Gasteiger partial charge >= 0.3 is 0 Å². The van der Waals surface area contributed by atoms with Gasteiger partial charge in [-0.25, -0.2) is 9.97 Å². The largest absolute Gasteiger partial charge is 0.445 e. The zero-order valence-corrected chi connectivity index (χ0v) is 26.9. The van der Waals surface area contributed by atoms with E-state index in [0.29, 0.717) is 11.8 Å². The van der Waals surface area contributed by atoms with Crippen molar-refractivity contribution in [2.24, 2.45) is 0 Å². The van der Waals surface area contributed by atoms with Crippen molar-refractivity contribution in [1.82, 2.24) is 9.97 Å². The first-order chi connectivity index (χ1) is 24.8. The highest BCUT2D eigenvalue weighted by atomic mass is 16.3. The fraction of sp³-hybridized carbons (Fsp3) is 0. The van der Waals surface area contributed by atoms with Gasteiger partial charge in [0.25, 0.3) is 0 Å². The van der Waals surface area contributed by atoms with Crippen molar-refractivity contribution in [2.75, 3.05) is 0 Å². The first-order valence-corrected chi connectivity index (χ1v) is 16.7. The first kappa shape index (κ1) is 28.3. The number of nitrogens with zero attached hydrogens (tertiary/aromatic N) is 2. The van der Waals surface area contributed by atoms with Gasteiger partial charge in [0.15, 0.2) is 0 Å². The van der Waals surface area contributed by atoms with Crippen LogP contribution >= 0.6 is 0 Å². The van der Waals surface area contributed by atoms with Crippen LogP contribution in [-0.4, -0.2) is 9.97 Å². The molecule has 0 spiro atoms. The van der Waals surface area contributed by atoms with Crippen molar-refractivity contribution in [3.8, 4) is 56.3 Å². The highest BCUT2D eigenvalue weighted by Gasteiger charge is 2.22. The van der Waals surface area contributed by atoms with E-state index < -0.39 is 0 Å². The summed E-state index contributed by atoms with van der Waals surface area (Å²) in [6.07, 6.45) is 6.58. The fourth-order valence-electron chi connectivity index (χ4n) is 7.71. The van der Waals surface area contributed by atoms with Gasteiger partial charge in [-0.15, -0.1) is 0 Å². The molecule has 0 radical (unpaired) electrons. The second-order valence-electron chi connectivity index (χ2n) is 12.5. The van der Waals surface area contributed by atoms with Crippen LogP contribution in [0.3, 0.4) is 0 Å². The summed E-state index contributed by atoms with van der Waals surface area (Å²) in [5.41, 5.74) is 9.13. The fourth-order valence-corrected chi connectivity index (χ4v) is 7.71. The normalized spacial score (nSPS) is 11.6. The van der Waals surface area contributed by atoms with E-state index in [2.05, 4.69) is 156 Å². The van der Waals surface area contributed by atoms with Crippen LogP contribution in [0.4, 0.5) is 0 Å². The average molecular weight is 641 g/mol. The maximum atomic E-state index is 5.58. The van der Waals surface area contributed by atoms with Crippen LogP contribution in [0.15, 0.2) is 179 Å². The summed E-state index contributed by atoms with van der Waals surface area (Å²) >= 11 is 0. The number of oxazole rings is 2. The van der Waals surface area contributed by atoms with Crippen LogP contribution in [0.1, 0.15) is 0 Å². The molecule has 0 saturated carbocycles. The third-order valence-corrected chi connectivity index (χ3v) is 9.82. The summed E-state index contributed by atoms with van der Waals surface area (Å²) in [6, 6.07) is 52.5. The minimum absolute atomic E-state index is 0.620. The summed E-state index contributed by atoms with van der Waals surface area (Å²) in [5, 5.41) is 9.73. The van der Waals surface area contributed by atoms with Crippen molar-refractivity contribution in [1.29, 1.82) is 0 Å². The Balaban J connectivity index is 1.27. The number of rotatable bonds is 5. The molecular formula is C46H28N2O2. The number of benzene rings is 8. The van der Waals surface area contributed by atoms with Gasteiger partial charge in [0, 0.05) is 11.1 Å². The predicted octanol–water partition coefficient (Wildman–Crippen LogP) is 12.6. The smallest absolute Gasteiger partial charge is 0.225 e. The van der Waals surface area contributed by atoms with Gasteiger partial charge in [-0.3, -0.25) is 0 Å². The molecule has 0 bridgehead atoms. The highest BCUT2D eigenvalue weighted by molar-refractivity contribution is 6.29. The summed E-state index contributed by atoms with van der Waals surface area (Å²) in [7, 11) is 0. The van der Waals surface area contributed by atoms with Gasteiger partial charge in [0.2, 0.25) is 11.8 Å². The molecule has 0 N–H and O–H groups in total. The van der Waals surface area contributed by atoms with Crippen LogP contribution in [0.25, 0.3) is 99.4 Å². The van der Waals surface area contributed by atoms with Crippen molar-refractivity contribution in [3.05, 3.63) is 171 Å². The molecule has 4 nitrogen and oxygen atoms in total. The molecule has 0 aliphatic heterocycles. The summed E-state index contributed by atoms with van der Waals surface area (Å²) < 4.78 is 11.2. The monoisotopic (exact) mass is 640 g/mol. The molecule has 0 aliphatic rings. The van der Waals surface area contributed by atoms with E-state index in [9.17, 15) is 0 Å². The SMILES string of the molecule is c1ccc2c(-c3c4ccccc4c(-c4ccc(-c5ncco5)cc4)c4ccccc34)c3ccccc3c(-c3ccc(-c4ncco4)cc3)c2c1. The maximum absolute atomic E-state index is 5.58. The molecule has 2 aromatic heterocycles. The Morgan fingerprint density at radius 1 is 0.280 bits per heavy atom. The van der Waals surface area contributed by atoms with Crippen LogP contribution in [-0.2, 0) is 0 Å². The number of fused-ring (bicyclic) bond motifs is 4. The molecule has 50 heavy (non-hydrogen) atoms. The van der Waals surface area contributed by atoms with Gasteiger partial charge in [-0.2, -0.15) is 0 Å². The zero-order valence-electron chi connectivity index (χ0n) is 26.9. The van der Waals surface area contributed by atoms with Gasteiger partial charge in [0.1, 0.15) is 12.5 Å². The molecule has 10 aromatic rings. The zero-order chi connectivity index (χ0) is 33.0. The Bertz CT molecular complexity index is 2520. The van der Waals surface area contributed by atoms with Gasteiger partial charge in [0.05, 0.1) is 12.4 Å². The highest BCUT2D eigenvalue weighted by Crippen LogP contribution is 2.50. The molecule has 0 aliphatic carbocycles. The van der Waals surface area contributed by atoms with E-state index in [1.807, 2.05) is 0 Å². The molecule has 4 heteroatoms. The second-order valence-corrected chi connectivity index (χ2v) is 12.5. The van der Waals surface area contributed by atoms with Gasteiger partial charge in [-0.05, 0) is 101 Å². The molecule has 0 atom stereocenters. The first-order valence-electron chi connectivity index (χ1n) is 16.7. The molecule has 0 amide bonds. The third kappa shape index (κ3) is 4.39. The minimum atomic E-state index is 0.620. The molecule has 10 rings (SSSR count). The van der Waals surface area contributed by atoms with E-state index >= 15 is 0 Å². The van der Waals surface area contributed by atoms with Crippen LogP contribution < -0.4 is 0 Å². The lowest BCUT2D eigenvalue weighted by molar-refractivity contribution is 0.574. The Labute approximate surface area is 287 Å². The van der Waals surface area contributed by atoms with Crippen molar-refractivity contribution < 1.29 is 8.83 Å². The predicted molar refractivity (Wildman–Crippen MR) is 204 cm³/mol. The molecule has 0 fully saturated rings. The average Bonchev–Trinajstić information content (AvgIpc) is 3.93. The van der Waals surface area contributed by atoms with E-state index in [1.165, 1.54) is 65.3 Å². The number of hydrogen-bond acceptors (Lipinski definition) is 4. The van der Waals surface area contributed by atoms with Crippen molar-refractivity contribution in [2.45, 2.75) is 0 Å². The Morgan fingerprint density at radius 2 is 0.540 bits per heavy atom. The van der Waals surface area contributed by atoms with Crippen LogP contribution in [0.2, 0.25) is 0 Å². The summed E-state index contributed by atoms with van der Waals surface area (Å²) in [5.74, 6) is 1.24. The quantitative estimate of drug-likeness (QED) is 0.176. The van der Waals surface area contributed by atoms with E-state index in [-0.39, 0.29) is 0 Å².